The highest BCUT2D eigenvalue weighted by molar-refractivity contribution is 7.89. The molecule has 2 aromatic rings. The first kappa shape index (κ1) is 23.9. The van der Waals surface area contributed by atoms with Crippen molar-refractivity contribution in [1.29, 1.82) is 0 Å². The van der Waals surface area contributed by atoms with Gasteiger partial charge in [0.25, 0.3) is 11.8 Å². The topological polar surface area (TPSA) is 86.8 Å². The Morgan fingerprint density at radius 1 is 0.938 bits per heavy atom. The lowest BCUT2D eigenvalue weighted by Crippen LogP contribution is -2.35. The molecule has 0 aromatic heterocycles. The molecule has 1 saturated heterocycles. The number of amides is 2. The first-order valence-corrected chi connectivity index (χ1v) is 12.6. The molecule has 2 aromatic carbocycles. The van der Waals surface area contributed by atoms with Crippen LogP contribution in [0.15, 0.2) is 53.4 Å². The van der Waals surface area contributed by atoms with Crippen LogP contribution in [0.5, 0.6) is 0 Å². The molecular formula is C24H31N3O4S. The van der Waals surface area contributed by atoms with E-state index >= 15 is 0 Å². The molecule has 172 valence electrons. The van der Waals surface area contributed by atoms with Crippen LogP contribution in [0.1, 0.15) is 59.4 Å². The van der Waals surface area contributed by atoms with Gasteiger partial charge in [0, 0.05) is 43.9 Å². The number of nitrogens with one attached hydrogen (secondary N) is 1. The molecule has 0 spiro atoms. The van der Waals surface area contributed by atoms with E-state index in [9.17, 15) is 18.0 Å². The Balaban J connectivity index is 1.68. The van der Waals surface area contributed by atoms with Gasteiger partial charge in [0.1, 0.15) is 0 Å². The van der Waals surface area contributed by atoms with Crippen LogP contribution in [-0.2, 0) is 16.6 Å². The van der Waals surface area contributed by atoms with Gasteiger partial charge in [-0.15, -0.1) is 0 Å². The summed E-state index contributed by atoms with van der Waals surface area (Å²) in [6, 6.07) is 13.3. The van der Waals surface area contributed by atoms with E-state index in [1.54, 1.807) is 38.1 Å². The van der Waals surface area contributed by atoms with Gasteiger partial charge in [-0.2, -0.15) is 4.31 Å². The van der Waals surface area contributed by atoms with Crippen molar-refractivity contribution in [3.05, 3.63) is 65.2 Å². The predicted octanol–water partition coefficient (Wildman–Crippen LogP) is 3.27. The SMILES string of the molecule is CCN(CC)S(=O)(=O)c1cccc(C(=O)NCc2cccc(C(=O)N3CCCCC3)c2)c1. The highest BCUT2D eigenvalue weighted by Crippen LogP contribution is 2.18. The van der Waals surface area contributed by atoms with Gasteiger partial charge in [-0.3, -0.25) is 9.59 Å². The molecular weight excluding hydrogens is 426 g/mol. The lowest BCUT2D eigenvalue weighted by atomic mass is 10.1. The van der Waals surface area contributed by atoms with Crippen molar-refractivity contribution in [2.24, 2.45) is 0 Å². The van der Waals surface area contributed by atoms with E-state index in [-0.39, 0.29) is 28.8 Å². The third kappa shape index (κ3) is 5.55. The van der Waals surface area contributed by atoms with E-state index in [1.165, 1.54) is 16.4 Å². The zero-order chi connectivity index (χ0) is 23.1. The van der Waals surface area contributed by atoms with E-state index in [2.05, 4.69) is 5.32 Å². The Bertz CT molecular complexity index is 1060. The molecule has 32 heavy (non-hydrogen) atoms. The second-order valence-electron chi connectivity index (χ2n) is 7.85. The van der Waals surface area contributed by atoms with Crippen molar-refractivity contribution in [2.75, 3.05) is 26.2 Å². The van der Waals surface area contributed by atoms with E-state index in [0.29, 0.717) is 18.7 Å². The smallest absolute Gasteiger partial charge is 0.253 e. The molecule has 1 aliphatic rings. The molecule has 1 N–H and O–H groups in total. The predicted molar refractivity (Wildman–Crippen MR) is 124 cm³/mol. The number of nitrogens with zero attached hydrogens (tertiary/aromatic N) is 2. The molecule has 1 heterocycles. The molecule has 1 aliphatic heterocycles. The number of hydrogen-bond donors (Lipinski definition) is 1. The van der Waals surface area contributed by atoms with Crippen LogP contribution in [0.3, 0.4) is 0 Å². The van der Waals surface area contributed by atoms with Crippen LogP contribution in [0.2, 0.25) is 0 Å². The number of carbonyl (C=O) groups excluding carboxylic acids is 2. The van der Waals surface area contributed by atoms with E-state index in [0.717, 1.165) is 37.9 Å². The van der Waals surface area contributed by atoms with Crippen LogP contribution in [-0.4, -0.2) is 55.6 Å². The van der Waals surface area contributed by atoms with Gasteiger partial charge < -0.3 is 10.2 Å². The third-order valence-corrected chi connectivity index (χ3v) is 7.76. The summed E-state index contributed by atoms with van der Waals surface area (Å²) in [6.45, 7) is 6.10. The Morgan fingerprint density at radius 2 is 1.59 bits per heavy atom. The van der Waals surface area contributed by atoms with Crippen molar-refractivity contribution in [3.63, 3.8) is 0 Å². The second kappa shape index (κ2) is 10.7. The Hall–Kier alpha value is -2.71. The molecule has 1 fully saturated rings. The molecule has 8 heteroatoms. The summed E-state index contributed by atoms with van der Waals surface area (Å²) in [4.78, 5) is 27.4. The van der Waals surface area contributed by atoms with E-state index < -0.39 is 10.0 Å². The van der Waals surface area contributed by atoms with Gasteiger partial charge in [0.15, 0.2) is 0 Å². The zero-order valence-corrected chi connectivity index (χ0v) is 19.5. The zero-order valence-electron chi connectivity index (χ0n) is 18.7. The number of piperidine rings is 1. The van der Waals surface area contributed by atoms with Crippen LogP contribution < -0.4 is 5.32 Å². The monoisotopic (exact) mass is 457 g/mol. The number of carbonyl (C=O) groups is 2. The minimum atomic E-state index is -3.64. The number of hydrogen-bond acceptors (Lipinski definition) is 4. The maximum Gasteiger partial charge on any atom is 0.253 e. The summed E-state index contributed by atoms with van der Waals surface area (Å²) < 4.78 is 26.8. The standard InChI is InChI=1S/C24H31N3O4S/c1-3-27(4-2)32(30,31)22-13-9-11-20(17-22)23(28)25-18-19-10-8-12-21(16-19)24(29)26-14-6-5-7-15-26/h8-13,16-17H,3-7,14-15,18H2,1-2H3,(H,25,28). The first-order valence-electron chi connectivity index (χ1n) is 11.1. The maximum atomic E-state index is 12.7. The lowest BCUT2D eigenvalue weighted by Gasteiger charge is -2.26. The number of benzene rings is 2. The molecule has 0 radical (unpaired) electrons. The Morgan fingerprint density at radius 3 is 2.28 bits per heavy atom. The lowest BCUT2D eigenvalue weighted by molar-refractivity contribution is 0.0724. The molecule has 0 bridgehead atoms. The third-order valence-electron chi connectivity index (χ3n) is 5.71. The van der Waals surface area contributed by atoms with Crippen molar-refractivity contribution < 1.29 is 18.0 Å². The van der Waals surface area contributed by atoms with E-state index in [1.807, 2.05) is 17.0 Å². The van der Waals surface area contributed by atoms with Crippen molar-refractivity contribution in [1.82, 2.24) is 14.5 Å². The summed E-state index contributed by atoms with van der Waals surface area (Å²) >= 11 is 0. The largest absolute Gasteiger partial charge is 0.348 e. The minimum absolute atomic E-state index is 0.0205. The fraction of sp³-hybridized carbons (Fsp3) is 0.417. The van der Waals surface area contributed by atoms with Crippen molar-refractivity contribution in [2.45, 2.75) is 44.6 Å². The highest BCUT2D eigenvalue weighted by atomic mass is 32.2. The maximum absolute atomic E-state index is 12.7. The molecule has 0 aliphatic carbocycles. The number of likely N-dealkylation sites (tertiary alicyclic amines) is 1. The molecule has 0 unspecified atom stereocenters. The van der Waals surface area contributed by atoms with Gasteiger partial charge in [-0.05, 0) is 55.2 Å². The summed E-state index contributed by atoms with van der Waals surface area (Å²) in [5.41, 5.74) is 1.71. The van der Waals surface area contributed by atoms with Crippen LogP contribution >= 0.6 is 0 Å². The Kier molecular flexibility index (Phi) is 8.04. The van der Waals surface area contributed by atoms with Crippen molar-refractivity contribution >= 4 is 21.8 Å². The summed E-state index contributed by atoms with van der Waals surface area (Å²) in [5.74, 6) is -0.346. The fourth-order valence-electron chi connectivity index (χ4n) is 3.89. The van der Waals surface area contributed by atoms with Crippen LogP contribution in [0.25, 0.3) is 0 Å². The van der Waals surface area contributed by atoms with Crippen LogP contribution in [0.4, 0.5) is 0 Å². The Labute approximate surface area is 190 Å². The molecule has 0 atom stereocenters. The summed E-state index contributed by atoms with van der Waals surface area (Å²) in [5, 5.41) is 2.82. The number of rotatable bonds is 8. The summed E-state index contributed by atoms with van der Waals surface area (Å²) in [7, 11) is -3.64. The van der Waals surface area contributed by atoms with Gasteiger partial charge in [-0.1, -0.05) is 32.0 Å². The molecule has 7 nitrogen and oxygen atoms in total. The first-order chi connectivity index (χ1) is 15.4. The fourth-order valence-corrected chi connectivity index (χ4v) is 5.39. The quantitative estimate of drug-likeness (QED) is 0.659. The molecule has 0 saturated carbocycles. The van der Waals surface area contributed by atoms with Gasteiger partial charge in [0.05, 0.1) is 4.90 Å². The van der Waals surface area contributed by atoms with Gasteiger partial charge in [-0.25, -0.2) is 8.42 Å². The average Bonchev–Trinajstić information content (AvgIpc) is 2.83. The average molecular weight is 458 g/mol. The molecule has 2 amide bonds. The van der Waals surface area contributed by atoms with Crippen LogP contribution in [0, 0.1) is 0 Å². The normalized spacial score (nSPS) is 14.4. The van der Waals surface area contributed by atoms with Gasteiger partial charge in [0.2, 0.25) is 10.0 Å². The minimum Gasteiger partial charge on any atom is -0.348 e. The second-order valence-corrected chi connectivity index (χ2v) is 9.79. The molecule has 3 rings (SSSR count). The van der Waals surface area contributed by atoms with Gasteiger partial charge >= 0.3 is 0 Å². The highest BCUT2D eigenvalue weighted by Gasteiger charge is 2.22. The van der Waals surface area contributed by atoms with Crippen molar-refractivity contribution in [3.8, 4) is 0 Å². The summed E-state index contributed by atoms with van der Waals surface area (Å²) in [6.07, 6.45) is 3.22. The van der Waals surface area contributed by atoms with E-state index in [4.69, 9.17) is 0 Å². The number of sulfonamides is 1.